The fourth-order valence-corrected chi connectivity index (χ4v) is 2.29. The van der Waals surface area contributed by atoms with Crippen LogP contribution in [0, 0.1) is 0 Å². The number of benzene rings is 1. The van der Waals surface area contributed by atoms with Crippen molar-refractivity contribution in [2.75, 3.05) is 6.54 Å². The van der Waals surface area contributed by atoms with Gasteiger partial charge in [0.2, 0.25) is 0 Å². The Labute approximate surface area is 90.9 Å². The molecule has 1 heterocycles. The van der Waals surface area contributed by atoms with Crippen LogP contribution in [0.15, 0.2) is 30.3 Å². The van der Waals surface area contributed by atoms with E-state index in [1.54, 1.807) is 6.92 Å². The van der Waals surface area contributed by atoms with E-state index in [-0.39, 0.29) is 6.04 Å². The third-order valence-corrected chi connectivity index (χ3v) is 3.06. The summed E-state index contributed by atoms with van der Waals surface area (Å²) in [6.45, 7) is 3.66. The van der Waals surface area contributed by atoms with Gasteiger partial charge in [-0.05, 0) is 31.9 Å². The molecular weight excluding hydrogens is 186 g/mol. The summed E-state index contributed by atoms with van der Waals surface area (Å²) < 4.78 is 0. The molecule has 15 heavy (non-hydrogen) atoms. The van der Waals surface area contributed by atoms with E-state index >= 15 is 0 Å². The number of hydrogen-bond donors (Lipinski definition) is 0. The maximum absolute atomic E-state index is 11.4. The van der Waals surface area contributed by atoms with Crippen LogP contribution in [0.4, 0.5) is 0 Å². The summed E-state index contributed by atoms with van der Waals surface area (Å²) in [6.07, 6.45) is 2.18. The van der Waals surface area contributed by atoms with Gasteiger partial charge in [-0.1, -0.05) is 30.3 Å². The normalized spacial score (nSPS) is 21.8. The Kier molecular flexibility index (Phi) is 3.17. The van der Waals surface area contributed by atoms with Gasteiger partial charge in [0, 0.05) is 6.54 Å². The van der Waals surface area contributed by atoms with Gasteiger partial charge in [0.25, 0.3) is 0 Å². The number of Topliss-reactive ketones (excluding diaryl/α,β-unsaturated/α-hetero) is 1. The summed E-state index contributed by atoms with van der Waals surface area (Å²) >= 11 is 0. The number of nitrogens with zero attached hydrogens (tertiary/aromatic N) is 1. The van der Waals surface area contributed by atoms with E-state index in [1.807, 2.05) is 18.2 Å². The first-order valence-corrected chi connectivity index (χ1v) is 5.56. The highest BCUT2D eigenvalue weighted by molar-refractivity contribution is 5.81. The van der Waals surface area contributed by atoms with Crippen LogP contribution in [0.25, 0.3) is 0 Å². The molecule has 1 aromatic rings. The van der Waals surface area contributed by atoms with Crippen molar-refractivity contribution in [1.82, 2.24) is 4.90 Å². The van der Waals surface area contributed by atoms with Crippen LogP contribution in [0.2, 0.25) is 0 Å². The number of rotatable bonds is 3. The Morgan fingerprint density at radius 1 is 1.40 bits per heavy atom. The van der Waals surface area contributed by atoms with Crippen LogP contribution < -0.4 is 0 Å². The standard InChI is InChI=1S/C13H17NO/c1-11(15)13-8-5-9-14(13)10-12-6-3-2-4-7-12/h2-4,6-7,13H,5,8-10H2,1H3/t13-/m1/s1. The molecule has 2 heteroatoms. The third kappa shape index (κ3) is 2.45. The van der Waals surface area contributed by atoms with Crippen LogP contribution in [0.1, 0.15) is 25.3 Å². The summed E-state index contributed by atoms with van der Waals surface area (Å²) in [4.78, 5) is 13.7. The fraction of sp³-hybridized carbons (Fsp3) is 0.462. The molecule has 0 N–H and O–H groups in total. The summed E-state index contributed by atoms with van der Waals surface area (Å²) in [5.41, 5.74) is 1.30. The Bertz CT molecular complexity index is 334. The molecule has 0 radical (unpaired) electrons. The monoisotopic (exact) mass is 203 g/mol. The zero-order valence-electron chi connectivity index (χ0n) is 9.15. The molecule has 1 aromatic carbocycles. The number of carbonyl (C=O) groups is 1. The fourth-order valence-electron chi connectivity index (χ4n) is 2.29. The van der Waals surface area contributed by atoms with Crippen molar-refractivity contribution in [3.8, 4) is 0 Å². The average Bonchev–Trinajstić information content (AvgIpc) is 2.67. The smallest absolute Gasteiger partial charge is 0.146 e. The molecule has 0 spiro atoms. The molecule has 0 bridgehead atoms. The maximum Gasteiger partial charge on any atom is 0.146 e. The molecule has 1 atom stereocenters. The van der Waals surface area contributed by atoms with E-state index in [9.17, 15) is 4.79 Å². The largest absolute Gasteiger partial charge is 0.298 e. The molecule has 2 nitrogen and oxygen atoms in total. The van der Waals surface area contributed by atoms with Crippen molar-refractivity contribution in [2.45, 2.75) is 32.4 Å². The highest BCUT2D eigenvalue weighted by Crippen LogP contribution is 2.20. The van der Waals surface area contributed by atoms with E-state index in [4.69, 9.17) is 0 Å². The first-order valence-electron chi connectivity index (χ1n) is 5.56. The Morgan fingerprint density at radius 3 is 2.80 bits per heavy atom. The van der Waals surface area contributed by atoms with Gasteiger partial charge in [-0.3, -0.25) is 9.69 Å². The summed E-state index contributed by atoms with van der Waals surface area (Å²) in [5, 5.41) is 0. The van der Waals surface area contributed by atoms with Gasteiger partial charge < -0.3 is 0 Å². The van der Waals surface area contributed by atoms with E-state index in [1.165, 1.54) is 5.56 Å². The minimum absolute atomic E-state index is 0.158. The topological polar surface area (TPSA) is 20.3 Å². The second-order valence-electron chi connectivity index (χ2n) is 4.22. The van der Waals surface area contributed by atoms with E-state index < -0.39 is 0 Å². The number of hydrogen-bond acceptors (Lipinski definition) is 2. The molecule has 0 aromatic heterocycles. The number of ketones is 1. The van der Waals surface area contributed by atoms with Crippen molar-refractivity contribution in [1.29, 1.82) is 0 Å². The second-order valence-corrected chi connectivity index (χ2v) is 4.22. The molecule has 0 aliphatic carbocycles. The van der Waals surface area contributed by atoms with Crippen LogP contribution >= 0.6 is 0 Å². The van der Waals surface area contributed by atoms with E-state index in [0.29, 0.717) is 5.78 Å². The van der Waals surface area contributed by atoms with Gasteiger partial charge in [-0.2, -0.15) is 0 Å². The van der Waals surface area contributed by atoms with Gasteiger partial charge in [0.05, 0.1) is 6.04 Å². The molecule has 1 aliphatic heterocycles. The lowest BCUT2D eigenvalue weighted by Crippen LogP contribution is -2.34. The molecule has 1 fully saturated rings. The van der Waals surface area contributed by atoms with Crippen molar-refractivity contribution in [3.05, 3.63) is 35.9 Å². The Balaban J connectivity index is 2.03. The lowest BCUT2D eigenvalue weighted by Gasteiger charge is -2.22. The Hall–Kier alpha value is -1.15. The van der Waals surface area contributed by atoms with Crippen LogP contribution in [0.5, 0.6) is 0 Å². The van der Waals surface area contributed by atoms with Crippen molar-refractivity contribution in [3.63, 3.8) is 0 Å². The molecule has 0 amide bonds. The minimum atomic E-state index is 0.158. The SMILES string of the molecule is CC(=O)[C@H]1CCCN1Cc1ccccc1. The highest BCUT2D eigenvalue weighted by atomic mass is 16.1. The predicted octanol–water partition coefficient (Wildman–Crippen LogP) is 2.24. The molecule has 1 aliphatic rings. The maximum atomic E-state index is 11.4. The van der Waals surface area contributed by atoms with Gasteiger partial charge in [-0.15, -0.1) is 0 Å². The predicted molar refractivity (Wildman–Crippen MR) is 60.6 cm³/mol. The van der Waals surface area contributed by atoms with Crippen LogP contribution in [-0.4, -0.2) is 23.3 Å². The van der Waals surface area contributed by atoms with Crippen molar-refractivity contribution < 1.29 is 4.79 Å². The van der Waals surface area contributed by atoms with Crippen molar-refractivity contribution in [2.24, 2.45) is 0 Å². The quantitative estimate of drug-likeness (QED) is 0.751. The average molecular weight is 203 g/mol. The van der Waals surface area contributed by atoms with Gasteiger partial charge >= 0.3 is 0 Å². The summed E-state index contributed by atoms with van der Waals surface area (Å²) in [5.74, 6) is 0.309. The summed E-state index contributed by atoms with van der Waals surface area (Å²) in [7, 11) is 0. The Morgan fingerprint density at radius 2 is 2.13 bits per heavy atom. The van der Waals surface area contributed by atoms with Gasteiger partial charge in [0.15, 0.2) is 0 Å². The molecule has 1 saturated heterocycles. The molecule has 0 saturated carbocycles. The van der Waals surface area contributed by atoms with Crippen molar-refractivity contribution >= 4 is 5.78 Å². The lowest BCUT2D eigenvalue weighted by atomic mass is 10.1. The highest BCUT2D eigenvalue weighted by Gasteiger charge is 2.27. The molecule has 0 unspecified atom stereocenters. The van der Waals surface area contributed by atoms with Gasteiger partial charge in [-0.25, -0.2) is 0 Å². The van der Waals surface area contributed by atoms with E-state index in [0.717, 1.165) is 25.9 Å². The summed E-state index contributed by atoms with van der Waals surface area (Å²) in [6, 6.07) is 10.5. The van der Waals surface area contributed by atoms with Gasteiger partial charge in [0.1, 0.15) is 5.78 Å². The second kappa shape index (κ2) is 4.58. The minimum Gasteiger partial charge on any atom is -0.298 e. The lowest BCUT2D eigenvalue weighted by molar-refractivity contribution is -0.121. The first kappa shape index (κ1) is 10.4. The third-order valence-electron chi connectivity index (χ3n) is 3.06. The molecule has 2 rings (SSSR count). The number of likely N-dealkylation sites (tertiary alicyclic amines) is 1. The molecular formula is C13H17NO. The zero-order valence-corrected chi connectivity index (χ0v) is 9.15. The van der Waals surface area contributed by atoms with E-state index in [2.05, 4.69) is 17.0 Å². The number of carbonyl (C=O) groups excluding carboxylic acids is 1. The van der Waals surface area contributed by atoms with Crippen LogP contribution in [0.3, 0.4) is 0 Å². The van der Waals surface area contributed by atoms with Crippen LogP contribution in [-0.2, 0) is 11.3 Å². The zero-order chi connectivity index (χ0) is 10.7. The molecule has 80 valence electrons. The first-order chi connectivity index (χ1) is 7.27.